The molecule has 6 heteroatoms. The molecule has 0 spiro atoms. The summed E-state index contributed by atoms with van der Waals surface area (Å²) in [5.41, 5.74) is 0.985. The molecule has 0 bridgehead atoms. The number of ether oxygens (including phenoxy) is 3. The Bertz CT molecular complexity index is 710. The Kier molecular flexibility index (Phi) is 6.39. The largest absolute Gasteiger partial charge is 0.494 e. The van der Waals surface area contributed by atoms with Gasteiger partial charge in [0.2, 0.25) is 0 Å². The molecule has 0 heterocycles. The van der Waals surface area contributed by atoms with Gasteiger partial charge in [-0.2, -0.15) is 0 Å². The van der Waals surface area contributed by atoms with E-state index >= 15 is 0 Å². The zero-order valence-electron chi connectivity index (χ0n) is 14.4. The Balaban J connectivity index is 1.92. The van der Waals surface area contributed by atoms with Gasteiger partial charge in [-0.05, 0) is 62.4 Å². The lowest BCUT2D eigenvalue weighted by atomic mass is 10.2. The van der Waals surface area contributed by atoms with Crippen LogP contribution in [0.1, 0.15) is 24.2 Å². The number of hydrogen-bond donors (Lipinski definition) is 1. The highest BCUT2D eigenvalue weighted by Gasteiger charge is 2.15. The molecule has 6 nitrogen and oxygen atoms in total. The molecule has 2 aromatic carbocycles. The van der Waals surface area contributed by atoms with E-state index in [1.165, 1.54) is 7.11 Å². The molecule has 2 aromatic rings. The first kappa shape index (κ1) is 18.3. The molecule has 1 unspecified atom stereocenters. The molecule has 2 rings (SSSR count). The van der Waals surface area contributed by atoms with Crippen LogP contribution < -0.4 is 14.8 Å². The summed E-state index contributed by atoms with van der Waals surface area (Å²) in [6.45, 7) is 4.16. The number of benzene rings is 2. The average Bonchev–Trinajstić information content (AvgIpc) is 2.63. The topological polar surface area (TPSA) is 73.9 Å². The second kappa shape index (κ2) is 8.73. The maximum atomic E-state index is 12.2. The second-order valence-electron chi connectivity index (χ2n) is 5.22. The van der Waals surface area contributed by atoms with Gasteiger partial charge in [0.1, 0.15) is 11.5 Å². The maximum Gasteiger partial charge on any atom is 0.337 e. The van der Waals surface area contributed by atoms with Gasteiger partial charge in [-0.25, -0.2) is 4.79 Å². The van der Waals surface area contributed by atoms with Crippen molar-refractivity contribution in [2.75, 3.05) is 19.0 Å². The fraction of sp³-hybridized carbons (Fsp3) is 0.263. The number of rotatable bonds is 7. The number of esters is 1. The van der Waals surface area contributed by atoms with E-state index < -0.39 is 12.1 Å². The third-order valence-corrected chi connectivity index (χ3v) is 3.39. The first-order valence-electron chi connectivity index (χ1n) is 7.92. The zero-order valence-corrected chi connectivity index (χ0v) is 14.4. The Morgan fingerprint density at radius 1 is 1.00 bits per heavy atom. The van der Waals surface area contributed by atoms with Gasteiger partial charge in [0.25, 0.3) is 5.91 Å². The molecule has 1 N–H and O–H groups in total. The highest BCUT2D eigenvalue weighted by molar-refractivity contribution is 5.95. The van der Waals surface area contributed by atoms with E-state index in [2.05, 4.69) is 10.1 Å². The quantitative estimate of drug-likeness (QED) is 0.781. The number of hydrogen-bond acceptors (Lipinski definition) is 5. The lowest BCUT2D eigenvalue weighted by molar-refractivity contribution is -0.122. The zero-order chi connectivity index (χ0) is 18.2. The van der Waals surface area contributed by atoms with E-state index in [0.717, 1.165) is 5.75 Å². The Labute approximate surface area is 146 Å². The normalized spacial score (nSPS) is 11.3. The molecule has 0 fully saturated rings. The first-order chi connectivity index (χ1) is 12.0. The van der Waals surface area contributed by atoms with Crippen LogP contribution in [0.25, 0.3) is 0 Å². The molecule has 0 saturated heterocycles. The minimum absolute atomic E-state index is 0.292. The summed E-state index contributed by atoms with van der Waals surface area (Å²) in [4.78, 5) is 23.6. The minimum atomic E-state index is -0.682. The predicted octanol–water partition coefficient (Wildman–Crippen LogP) is 3.28. The van der Waals surface area contributed by atoms with Crippen molar-refractivity contribution < 1.29 is 23.8 Å². The molecular weight excluding hydrogens is 322 g/mol. The van der Waals surface area contributed by atoms with E-state index in [9.17, 15) is 9.59 Å². The second-order valence-corrected chi connectivity index (χ2v) is 5.22. The highest BCUT2D eigenvalue weighted by atomic mass is 16.5. The molecule has 0 aromatic heterocycles. The summed E-state index contributed by atoms with van der Waals surface area (Å²) in [6.07, 6.45) is -0.682. The fourth-order valence-electron chi connectivity index (χ4n) is 2.09. The molecule has 0 saturated carbocycles. The summed E-state index contributed by atoms with van der Waals surface area (Å²) in [5.74, 6) is 0.606. The van der Waals surface area contributed by atoms with Crippen LogP contribution in [-0.2, 0) is 9.53 Å². The fourth-order valence-corrected chi connectivity index (χ4v) is 2.09. The predicted molar refractivity (Wildman–Crippen MR) is 94.1 cm³/mol. The molecule has 25 heavy (non-hydrogen) atoms. The summed E-state index contributed by atoms with van der Waals surface area (Å²) in [5, 5.41) is 2.74. The van der Waals surface area contributed by atoms with E-state index in [1.807, 2.05) is 6.92 Å². The van der Waals surface area contributed by atoms with E-state index in [0.29, 0.717) is 23.6 Å². The van der Waals surface area contributed by atoms with Gasteiger partial charge in [0, 0.05) is 5.69 Å². The monoisotopic (exact) mass is 343 g/mol. The van der Waals surface area contributed by atoms with Crippen LogP contribution in [0, 0.1) is 0 Å². The Hall–Kier alpha value is -3.02. The van der Waals surface area contributed by atoms with E-state index in [4.69, 9.17) is 9.47 Å². The number of anilines is 1. The average molecular weight is 343 g/mol. The molecule has 1 amide bonds. The van der Waals surface area contributed by atoms with E-state index in [-0.39, 0.29) is 5.91 Å². The molecule has 132 valence electrons. The van der Waals surface area contributed by atoms with Crippen LogP contribution in [0.2, 0.25) is 0 Å². The maximum absolute atomic E-state index is 12.2. The Morgan fingerprint density at radius 3 is 2.16 bits per heavy atom. The third kappa shape index (κ3) is 5.24. The van der Waals surface area contributed by atoms with Crippen molar-refractivity contribution in [3.05, 3.63) is 54.1 Å². The lowest BCUT2D eigenvalue weighted by Gasteiger charge is -2.15. The van der Waals surface area contributed by atoms with Crippen molar-refractivity contribution in [1.29, 1.82) is 0 Å². The summed E-state index contributed by atoms with van der Waals surface area (Å²) in [6, 6.07) is 13.5. The molecule has 1 atom stereocenters. The minimum Gasteiger partial charge on any atom is -0.494 e. The number of methoxy groups -OCH3 is 1. The van der Waals surface area contributed by atoms with Crippen LogP contribution in [0.3, 0.4) is 0 Å². The van der Waals surface area contributed by atoms with Crippen molar-refractivity contribution in [2.24, 2.45) is 0 Å². The molecule has 0 aliphatic rings. The Morgan fingerprint density at radius 2 is 1.60 bits per heavy atom. The van der Waals surface area contributed by atoms with Gasteiger partial charge >= 0.3 is 5.97 Å². The van der Waals surface area contributed by atoms with Crippen molar-refractivity contribution in [2.45, 2.75) is 20.0 Å². The number of carbonyl (C=O) groups excluding carboxylic acids is 2. The van der Waals surface area contributed by atoms with Crippen molar-refractivity contribution >= 4 is 17.6 Å². The van der Waals surface area contributed by atoms with Crippen LogP contribution in [0.5, 0.6) is 11.5 Å². The van der Waals surface area contributed by atoms with Gasteiger partial charge in [0.15, 0.2) is 6.10 Å². The van der Waals surface area contributed by atoms with Crippen molar-refractivity contribution in [1.82, 2.24) is 0 Å². The van der Waals surface area contributed by atoms with Crippen LogP contribution in [0.15, 0.2) is 48.5 Å². The van der Waals surface area contributed by atoms with Crippen molar-refractivity contribution in [3.63, 3.8) is 0 Å². The van der Waals surface area contributed by atoms with Crippen LogP contribution >= 0.6 is 0 Å². The van der Waals surface area contributed by atoms with Crippen LogP contribution in [0.4, 0.5) is 5.69 Å². The van der Waals surface area contributed by atoms with Crippen LogP contribution in [-0.4, -0.2) is 31.7 Å². The van der Waals surface area contributed by atoms with Crippen molar-refractivity contribution in [3.8, 4) is 11.5 Å². The van der Waals surface area contributed by atoms with Gasteiger partial charge in [-0.15, -0.1) is 0 Å². The summed E-state index contributed by atoms with van der Waals surface area (Å²) < 4.78 is 15.6. The molecular formula is C19H21NO5. The standard InChI is InChI=1S/C19H21NO5/c1-4-24-16-9-11-17(12-10-16)25-13(2)18(21)20-15-7-5-14(6-8-15)19(22)23-3/h5-13H,4H2,1-3H3,(H,20,21). The first-order valence-corrected chi connectivity index (χ1v) is 7.92. The molecule has 0 aliphatic heterocycles. The summed E-state index contributed by atoms with van der Waals surface area (Å²) >= 11 is 0. The van der Waals surface area contributed by atoms with Gasteiger partial charge in [0.05, 0.1) is 19.3 Å². The lowest BCUT2D eigenvalue weighted by Crippen LogP contribution is -2.30. The third-order valence-electron chi connectivity index (χ3n) is 3.39. The van der Waals surface area contributed by atoms with Gasteiger partial charge in [-0.1, -0.05) is 0 Å². The van der Waals surface area contributed by atoms with E-state index in [1.54, 1.807) is 55.5 Å². The highest BCUT2D eigenvalue weighted by Crippen LogP contribution is 2.19. The number of amides is 1. The number of carbonyl (C=O) groups is 2. The smallest absolute Gasteiger partial charge is 0.337 e. The number of nitrogens with one attached hydrogen (secondary N) is 1. The molecule has 0 radical (unpaired) electrons. The van der Waals surface area contributed by atoms with Gasteiger partial charge in [-0.3, -0.25) is 4.79 Å². The molecule has 0 aliphatic carbocycles. The van der Waals surface area contributed by atoms with Gasteiger partial charge < -0.3 is 19.5 Å². The summed E-state index contributed by atoms with van der Waals surface area (Å²) in [7, 11) is 1.32. The SMILES string of the molecule is CCOc1ccc(OC(C)C(=O)Nc2ccc(C(=O)OC)cc2)cc1.